The van der Waals surface area contributed by atoms with Gasteiger partial charge in [-0.1, -0.05) is 35.0 Å². The van der Waals surface area contributed by atoms with Crippen molar-refractivity contribution in [2.45, 2.75) is 32.0 Å². The normalized spacial score (nSPS) is 18.1. The second-order valence-corrected chi connectivity index (χ2v) is 6.69. The van der Waals surface area contributed by atoms with E-state index in [-0.39, 0.29) is 6.04 Å². The number of rotatable bonds is 3. The van der Waals surface area contributed by atoms with Gasteiger partial charge in [-0.2, -0.15) is 23.3 Å². The number of aryl methyl sites for hydroxylation is 1. The van der Waals surface area contributed by atoms with Crippen molar-refractivity contribution in [3.05, 3.63) is 47.8 Å². The van der Waals surface area contributed by atoms with Crippen molar-refractivity contribution in [1.82, 2.24) is 19.9 Å². The Kier molecular flexibility index (Phi) is 4.37. The molecule has 1 saturated heterocycles. The maximum absolute atomic E-state index is 12.8. The molecule has 9 heteroatoms. The van der Waals surface area contributed by atoms with Crippen molar-refractivity contribution < 1.29 is 17.7 Å². The summed E-state index contributed by atoms with van der Waals surface area (Å²) in [5.74, 6) is 0.491. The van der Waals surface area contributed by atoms with Gasteiger partial charge in [0.05, 0.1) is 6.04 Å². The highest BCUT2D eigenvalue weighted by molar-refractivity contribution is 5.56. The summed E-state index contributed by atoms with van der Waals surface area (Å²) < 4.78 is 45.1. The third-order valence-electron chi connectivity index (χ3n) is 4.67. The average Bonchev–Trinajstić information content (AvgIpc) is 3.32. The summed E-state index contributed by atoms with van der Waals surface area (Å²) in [7, 11) is 0. The van der Waals surface area contributed by atoms with Crippen LogP contribution in [-0.4, -0.2) is 33.0 Å². The van der Waals surface area contributed by atoms with Crippen LogP contribution in [0.2, 0.25) is 0 Å². The van der Waals surface area contributed by atoms with Gasteiger partial charge in [-0.15, -0.1) is 0 Å². The Bertz CT molecular complexity index is 916. The number of aromatic nitrogens is 4. The Morgan fingerprint density at radius 3 is 2.63 bits per heavy atom. The first-order valence-corrected chi connectivity index (χ1v) is 8.68. The lowest BCUT2D eigenvalue weighted by Crippen LogP contribution is -2.37. The van der Waals surface area contributed by atoms with Gasteiger partial charge < -0.3 is 9.42 Å². The highest BCUT2D eigenvalue weighted by atomic mass is 19.4. The molecule has 1 atom stereocenters. The minimum atomic E-state index is -4.44. The number of anilines is 1. The van der Waals surface area contributed by atoms with Crippen molar-refractivity contribution in [2.24, 2.45) is 0 Å². The molecular formula is C18H18F3N5O. The van der Waals surface area contributed by atoms with Crippen LogP contribution in [0.5, 0.6) is 0 Å². The Hall–Kier alpha value is -2.84. The zero-order valence-electron chi connectivity index (χ0n) is 14.6. The third-order valence-corrected chi connectivity index (χ3v) is 4.67. The van der Waals surface area contributed by atoms with Crippen molar-refractivity contribution in [3.8, 4) is 11.4 Å². The van der Waals surface area contributed by atoms with Gasteiger partial charge in [0.25, 0.3) is 0 Å². The maximum Gasteiger partial charge on any atom is 0.435 e. The van der Waals surface area contributed by atoms with Crippen molar-refractivity contribution >= 4 is 6.01 Å². The molecule has 4 rings (SSSR count). The SMILES string of the molecule is Cc1ccc(-c2noc(N3CCCC(n4ccc(C(F)(F)F)n4)C3)n2)cc1. The molecular weight excluding hydrogens is 359 g/mol. The second-order valence-electron chi connectivity index (χ2n) is 6.69. The second kappa shape index (κ2) is 6.71. The molecule has 0 aliphatic carbocycles. The summed E-state index contributed by atoms with van der Waals surface area (Å²) in [5, 5.41) is 7.72. The van der Waals surface area contributed by atoms with Crippen LogP contribution in [-0.2, 0) is 6.18 Å². The van der Waals surface area contributed by atoms with E-state index in [4.69, 9.17) is 4.52 Å². The number of benzene rings is 1. The molecule has 27 heavy (non-hydrogen) atoms. The minimum absolute atomic E-state index is 0.176. The third kappa shape index (κ3) is 3.67. The Morgan fingerprint density at radius 1 is 1.15 bits per heavy atom. The zero-order valence-corrected chi connectivity index (χ0v) is 14.6. The monoisotopic (exact) mass is 377 g/mol. The molecule has 1 fully saturated rings. The van der Waals surface area contributed by atoms with Gasteiger partial charge in [0.1, 0.15) is 0 Å². The first-order valence-electron chi connectivity index (χ1n) is 8.68. The van der Waals surface area contributed by atoms with E-state index in [1.54, 1.807) is 0 Å². The number of alkyl halides is 3. The molecule has 0 amide bonds. The van der Waals surface area contributed by atoms with Crippen molar-refractivity contribution in [1.29, 1.82) is 0 Å². The largest absolute Gasteiger partial charge is 0.435 e. The smallest absolute Gasteiger partial charge is 0.322 e. The molecule has 0 radical (unpaired) electrons. The fraction of sp³-hybridized carbons (Fsp3) is 0.389. The molecule has 1 aromatic carbocycles. The molecule has 1 aliphatic rings. The van der Waals surface area contributed by atoms with Gasteiger partial charge in [-0.3, -0.25) is 4.68 Å². The fourth-order valence-corrected chi connectivity index (χ4v) is 3.20. The Labute approximate surface area is 153 Å². The van der Waals surface area contributed by atoms with E-state index >= 15 is 0 Å². The molecule has 3 aromatic rings. The van der Waals surface area contributed by atoms with Crippen LogP contribution >= 0.6 is 0 Å². The van der Waals surface area contributed by atoms with Gasteiger partial charge in [-0.05, 0) is 25.8 Å². The number of hydrogen-bond acceptors (Lipinski definition) is 5. The first kappa shape index (κ1) is 17.6. The van der Waals surface area contributed by atoms with Gasteiger partial charge in [0.2, 0.25) is 5.82 Å². The van der Waals surface area contributed by atoms with Crippen LogP contribution in [0.4, 0.5) is 19.2 Å². The van der Waals surface area contributed by atoms with Crippen LogP contribution in [0.3, 0.4) is 0 Å². The van der Waals surface area contributed by atoms with E-state index in [0.29, 0.717) is 24.9 Å². The Morgan fingerprint density at radius 2 is 1.93 bits per heavy atom. The van der Waals surface area contributed by atoms with Crippen molar-refractivity contribution in [3.63, 3.8) is 0 Å². The summed E-state index contributed by atoms with van der Waals surface area (Å²) in [6, 6.07) is 8.98. The highest BCUT2D eigenvalue weighted by Gasteiger charge is 2.35. The lowest BCUT2D eigenvalue weighted by molar-refractivity contribution is -0.141. The van der Waals surface area contributed by atoms with Crippen LogP contribution < -0.4 is 4.90 Å². The molecule has 2 aromatic heterocycles. The van der Waals surface area contributed by atoms with E-state index in [0.717, 1.165) is 30.0 Å². The molecule has 1 unspecified atom stereocenters. The lowest BCUT2D eigenvalue weighted by atomic mass is 10.1. The topological polar surface area (TPSA) is 60.0 Å². The average molecular weight is 377 g/mol. The maximum atomic E-state index is 12.8. The van der Waals surface area contributed by atoms with Crippen LogP contribution in [0, 0.1) is 6.92 Å². The molecule has 0 spiro atoms. The Balaban J connectivity index is 1.50. The van der Waals surface area contributed by atoms with Gasteiger partial charge in [-0.25, -0.2) is 0 Å². The fourth-order valence-electron chi connectivity index (χ4n) is 3.20. The predicted octanol–water partition coefficient (Wildman–Crippen LogP) is 4.10. The van der Waals surface area contributed by atoms with E-state index in [1.807, 2.05) is 36.1 Å². The van der Waals surface area contributed by atoms with Crippen LogP contribution in [0.1, 0.15) is 30.1 Å². The van der Waals surface area contributed by atoms with E-state index in [2.05, 4.69) is 15.2 Å². The zero-order chi connectivity index (χ0) is 19.0. The summed E-state index contributed by atoms with van der Waals surface area (Å²) in [6.07, 6.45) is -1.51. The molecule has 1 aliphatic heterocycles. The van der Waals surface area contributed by atoms with Crippen LogP contribution in [0.25, 0.3) is 11.4 Å². The summed E-state index contributed by atoms with van der Waals surface area (Å²) in [5.41, 5.74) is 1.11. The predicted molar refractivity (Wildman–Crippen MR) is 92.2 cm³/mol. The van der Waals surface area contributed by atoms with Gasteiger partial charge in [0, 0.05) is 24.8 Å². The van der Waals surface area contributed by atoms with E-state index in [1.165, 1.54) is 10.9 Å². The number of nitrogens with zero attached hydrogens (tertiary/aromatic N) is 5. The van der Waals surface area contributed by atoms with E-state index in [9.17, 15) is 13.2 Å². The number of hydrogen-bond donors (Lipinski definition) is 0. The summed E-state index contributed by atoms with van der Waals surface area (Å²) in [6.45, 7) is 3.17. The minimum Gasteiger partial charge on any atom is -0.322 e. The van der Waals surface area contributed by atoms with Crippen molar-refractivity contribution in [2.75, 3.05) is 18.0 Å². The quantitative estimate of drug-likeness (QED) is 0.688. The number of halogens is 3. The molecule has 6 nitrogen and oxygen atoms in total. The molecule has 142 valence electrons. The summed E-state index contributed by atoms with van der Waals surface area (Å²) in [4.78, 5) is 6.34. The molecule has 3 heterocycles. The molecule has 0 N–H and O–H groups in total. The lowest BCUT2D eigenvalue weighted by Gasteiger charge is -2.31. The van der Waals surface area contributed by atoms with Gasteiger partial charge >= 0.3 is 12.2 Å². The number of piperidine rings is 1. The van der Waals surface area contributed by atoms with Crippen LogP contribution in [0.15, 0.2) is 41.1 Å². The van der Waals surface area contributed by atoms with E-state index < -0.39 is 11.9 Å². The standard InChI is InChI=1S/C18H18F3N5O/c1-12-4-6-13(7-5-12)16-22-17(27-24-16)25-9-2-3-14(11-25)26-10-8-15(23-26)18(19,20)21/h4-8,10,14H,2-3,9,11H2,1H3. The molecule has 0 saturated carbocycles. The first-order chi connectivity index (χ1) is 12.9. The molecule has 0 bridgehead atoms. The summed E-state index contributed by atoms with van der Waals surface area (Å²) >= 11 is 0. The highest BCUT2D eigenvalue weighted by Crippen LogP contribution is 2.30. The van der Waals surface area contributed by atoms with Gasteiger partial charge in [0.15, 0.2) is 5.69 Å².